The summed E-state index contributed by atoms with van der Waals surface area (Å²) in [5, 5.41) is 1.12. The van der Waals surface area contributed by atoms with Crippen molar-refractivity contribution in [1.82, 2.24) is 9.47 Å². The predicted octanol–water partition coefficient (Wildman–Crippen LogP) is 4.44. The molecule has 2 heterocycles. The maximum absolute atomic E-state index is 13.1. The summed E-state index contributed by atoms with van der Waals surface area (Å²) in [5.41, 5.74) is 4.63. The molecule has 0 radical (unpaired) electrons. The number of hydrogen-bond acceptors (Lipinski definition) is 2. The lowest BCUT2D eigenvalue weighted by Crippen LogP contribution is -2.49. The van der Waals surface area contributed by atoms with Crippen molar-refractivity contribution in [1.29, 1.82) is 0 Å². The van der Waals surface area contributed by atoms with Crippen molar-refractivity contribution in [2.24, 2.45) is 7.05 Å². The number of para-hydroxylation sites is 2. The first-order chi connectivity index (χ1) is 13.4. The largest absolute Gasteiger partial charge is 0.368 e. The first kappa shape index (κ1) is 18.6. The molecule has 1 aliphatic heterocycles. The molecule has 0 aliphatic carbocycles. The van der Waals surface area contributed by atoms with Crippen molar-refractivity contribution in [3.63, 3.8) is 0 Å². The van der Waals surface area contributed by atoms with Crippen LogP contribution in [0, 0.1) is 0 Å². The standard InChI is InChI=1S/C24H29N3O/c1-24(2,3)19-10-6-8-12-21(19)26-13-15-27(16-14-26)23(28)22-17-18-9-5-7-11-20(18)25(22)4/h5-12,17H,13-16H2,1-4H3. The fourth-order valence-electron chi connectivity index (χ4n) is 4.19. The summed E-state index contributed by atoms with van der Waals surface area (Å²) >= 11 is 0. The Morgan fingerprint density at radius 2 is 1.54 bits per heavy atom. The predicted molar refractivity (Wildman–Crippen MR) is 116 cm³/mol. The van der Waals surface area contributed by atoms with Gasteiger partial charge in [0.15, 0.2) is 0 Å². The summed E-state index contributed by atoms with van der Waals surface area (Å²) in [7, 11) is 1.98. The molecule has 2 aromatic carbocycles. The molecule has 4 heteroatoms. The minimum Gasteiger partial charge on any atom is -0.368 e. The van der Waals surface area contributed by atoms with Gasteiger partial charge in [0.1, 0.15) is 5.69 Å². The minimum atomic E-state index is 0.104. The van der Waals surface area contributed by atoms with Gasteiger partial charge in [-0.2, -0.15) is 0 Å². The van der Waals surface area contributed by atoms with E-state index in [2.05, 4.69) is 62.1 Å². The van der Waals surface area contributed by atoms with Crippen LogP contribution in [0.1, 0.15) is 36.8 Å². The average Bonchev–Trinajstić information content (AvgIpc) is 3.04. The molecule has 3 aromatic rings. The zero-order valence-electron chi connectivity index (χ0n) is 17.3. The van der Waals surface area contributed by atoms with Crippen molar-refractivity contribution in [3.8, 4) is 0 Å². The molecule has 1 aromatic heterocycles. The van der Waals surface area contributed by atoms with E-state index in [9.17, 15) is 4.79 Å². The van der Waals surface area contributed by atoms with Crippen LogP contribution in [0.5, 0.6) is 0 Å². The van der Waals surface area contributed by atoms with Crippen LogP contribution in [0.3, 0.4) is 0 Å². The molecule has 0 unspecified atom stereocenters. The van der Waals surface area contributed by atoms with E-state index in [4.69, 9.17) is 0 Å². The number of carbonyl (C=O) groups excluding carboxylic acids is 1. The van der Waals surface area contributed by atoms with Gasteiger partial charge in [0.2, 0.25) is 0 Å². The summed E-state index contributed by atoms with van der Waals surface area (Å²) < 4.78 is 2.01. The molecule has 28 heavy (non-hydrogen) atoms. The third kappa shape index (κ3) is 3.28. The molecule has 4 nitrogen and oxygen atoms in total. The van der Waals surface area contributed by atoms with Gasteiger partial charge in [-0.05, 0) is 29.2 Å². The first-order valence-electron chi connectivity index (χ1n) is 10.0. The summed E-state index contributed by atoms with van der Waals surface area (Å²) in [6, 6.07) is 18.8. The second-order valence-corrected chi connectivity index (χ2v) is 8.69. The molecule has 0 bridgehead atoms. The van der Waals surface area contributed by atoms with Gasteiger partial charge in [-0.15, -0.1) is 0 Å². The van der Waals surface area contributed by atoms with Crippen molar-refractivity contribution in [2.75, 3.05) is 31.1 Å². The Labute approximate surface area is 167 Å². The Kier molecular flexibility index (Phi) is 4.66. The molecular weight excluding hydrogens is 346 g/mol. The lowest BCUT2D eigenvalue weighted by atomic mass is 9.85. The van der Waals surface area contributed by atoms with E-state index >= 15 is 0 Å². The summed E-state index contributed by atoms with van der Waals surface area (Å²) in [5.74, 6) is 0.127. The molecule has 0 N–H and O–H groups in total. The van der Waals surface area contributed by atoms with Crippen molar-refractivity contribution >= 4 is 22.5 Å². The number of amides is 1. The van der Waals surface area contributed by atoms with Crippen LogP contribution < -0.4 is 4.90 Å². The smallest absolute Gasteiger partial charge is 0.270 e. The van der Waals surface area contributed by atoms with Crippen LogP contribution in [0.2, 0.25) is 0 Å². The van der Waals surface area contributed by atoms with E-state index < -0.39 is 0 Å². The lowest BCUT2D eigenvalue weighted by molar-refractivity contribution is 0.0737. The fourth-order valence-corrected chi connectivity index (χ4v) is 4.19. The maximum atomic E-state index is 13.1. The van der Waals surface area contributed by atoms with Gasteiger partial charge in [-0.3, -0.25) is 4.79 Å². The topological polar surface area (TPSA) is 28.5 Å². The highest BCUT2D eigenvalue weighted by Gasteiger charge is 2.27. The number of fused-ring (bicyclic) bond motifs is 1. The van der Waals surface area contributed by atoms with Crippen LogP contribution >= 0.6 is 0 Å². The van der Waals surface area contributed by atoms with Gasteiger partial charge in [0.05, 0.1) is 0 Å². The second kappa shape index (κ2) is 7.01. The highest BCUT2D eigenvalue weighted by molar-refractivity contribution is 5.98. The highest BCUT2D eigenvalue weighted by Crippen LogP contribution is 2.32. The van der Waals surface area contributed by atoms with Gasteiger partial charge in [-0.1, -0.05) is 57.2 Å². The first-order valence-corrected chi connectivity index (χ1v) is 10.0. The van der Waals surface area contributed by atoms with Crippen molar-refractivity contribution in [2.45, 2.75) is 26.2 Å². The molecule has 1 aliphatic rings. The summed E-state index contributed by atoms with van der Waals surface area (Å²) in [4.78, 5) is 17.6. The molecule has 1 saturated heterocycles. The Morgan fingerprint density at radius 3 is 2.21 bits per heavy atom. The molecule has 0 spiro atoms. The van der Waals surface area contributed by atoms with Crippen molar-refractivity contribution < 1.29 is 4.79 Å². The molecule has 146 valence electrons. The third-order valence-corrected chi connectivity index (χ3v) is 5.79. The van der Waals surface area contributed by atoms with Crippen LogP contribution in [-0.2, 0) is 12.5 Å². The molecule has 0 saturated carbocycles. The number of hydrogen-bond donors (Lipinski definition) is 0. The number of benzene rings is 2. The second-order valence-electron chi connectivity index (χ2n) is 8.69. The average molecular weight is 376 g/mol. The SMILES string of the molecule is Cn1c(C(=O)N2CCN(c3ccccc3C(C)(C)C)CC2)cc2ccccc21. The Bertz CT molecular complexity index is 1000. The molecular formula is C24H29N3O. The van der Waals surface area contributed by atoms with Gasteiger partial charge in [0.25, 0.3) is 5.91 Å². The fraction of sp³-hybridized carbons (Fsp3) is 0.375. The van der Waals surface area contributed by atoms with Gasteiger partial charge >= 0.3 is 0 Å². The normalized spacial score (nSPS) is 15.3. The Morgan fingerprint density at radius 1 is 0.893 bits per heavy atom. The lowest BCUT2D eigenvalue weighted by Gasteiger charge is -2.38. The minimum absolute atomic E-state index is 0.104. The van der Waals surface area contributed by atoms with Crippen molar-refractivity contribution in [3.05, 3.63) is 65.9 Å². The number of aryl methyl sites for hydroxylation is 1. The zero-order valence-corrected chi connectivity index (χ0v) is 17.3. The van der Waals surface area contributed by atoms with E-state index in [0.29, 0.717) is 0 Å². The van der Waals surface area contributed by atoms with E-state index in [1.54, 1.807) is 0 Å². The van der Waals surface area contributed by atoms with Crippen LogP contribution in [0.4, 0.5) is 5.69 Å². The highest BCUT2D eigenvalue weighted by atomic mass is 16.2. The molecule has 4 rings (SSSR count). The van der Waals surface area contributed by atoms with E-state index in [-0.39, 0.29) is 11.3 Å². The zero-order chi connectivity index (χ0) is 19.9. The molecule has 1 amide bonds. The Balaban J connectivity index is 1.52. The van der Waals surface area contributed by atoms with Crippen LogP contribution in [0.15, 0.2) is 54.6 Å². The van der Waals surface area contributed by atoms with Gasteiger partial charge in [0, 0.05) is 49.8 Å². The number of aromatic nitrogens is 1. The molecule has 0 atom stereocenters. The number of carbonyl (C=O) groups is 1. The van der Waals surface area contributed by atoms with Crippen LogP contribution in [0.25, 0.3) is 10.9 Å². The number of rotatable bonds is 2. The van der Waals surface area contributed by atoms with Gasteiger partial charge < -0.3 is 14.4 Å². The van der Waals surface area contributed by atoms with Crippen LogP contribution in [-0.4, -0.2) is 41.6 Å². The van der Waals surface area contributed by atoms with E-state index in [0.717, 1.165) is 42.8 Å². The number of piperazine rings is 1. The maximum Gasteiger partial charge on any atom is 0.270 e. The summed E-state index contributed by atoms with van der Waals surface area (Å²) in [6.45, 7) is 9.99. The Hall–Kier alpha value is -2.75. The number of nitrogens with zero attached hydrogens (tertiary/aromatic N) is 3. The third-order valence-electron chi connectivity index (χ3n) is 5.79. The summed E-state index contributed by atoms with van der Waals surface area (Å²) in [6.07, 6.45) is 0. The monoisotopic (exact) mass is 375 g/mol. The quantitative estimate of drug-likeness (QED) is 0.662. The molecule has 1 fully saturated rings. The van der Waals surface area contributed by atoms with Gasteiger partial charge in [-0.25, -0.2) is 0 Å². The van der Waals surface area contributed by atoms with E-state index in [1.807, 2.05) is 34.7 Å². The number of anilines is 1. The van der Waals surface area contributed by atoms with E-state index in [1.165, 1.54) is 11.3 Å².